The van der Waals surface area contributed by atoms with Crippen molar-refractivity contribution in [2.75, 3.05) is 31.1 Å². The van der Waals surface area contributed by atoms with E-state index in [-0.39, 0.29) is 11.7 Å². The Labute approximate surface area is 208 Å². The molecule has 3 heterocycles. The van der Waals surface area contributed by atoms with Crippen molar-refractivity contribution in [2.24, 2.45) is 0 Å². The fourth-order valence-corrected chi connectivity index (χ4v) is 4.80. The molecule has 0 radical (unpaired) electrons. The minimum absolute atomic E-state index is 0.0808. The first-order valence-electron chi connectivity index (χ1n) is 12.0. The predicted molar refractivity (Wildman–Crippen MR) is 139 cm³/mol. The van der Waals surface area contributed by atoms with Gasteiger partial charge < -0.3 is 14.4 Å². The lowest BCUT2D eigenvalue weighted by Crippen LogP contribution is -2.49. The van der Waals surface area contributed by atoms with Gasteiger partial charge in [-0.2, -0.15) is 0 Å². The van der Waals surface area contributed by atoms with Gasteiger partial charge in [-0.15, -0.1) is 0 Å². The standard InChI is InChI=1S/C29H24FN5O/c30-23-13-11-22(12-14-23)29(36)34-17-15-33(16-18-34)27-26-25(21-7-3-1-4-8-21)19-35(28(26)32-20-31-27)24-9-5-2-6-10-24/h1-14,19-20H,15-18H2. The average molecular weight is 478 g/mol. The Morgan fingerprint density at radius 1 is 0.778 bits per heavy atom. The molecule has 36 heavy (non-hydrogen) atoms. The highest BCUT2D eigenvalue weighted by Crippen LogP contribution is 2.37. The highest BCUT2D eigenvalue weighted by Gasteiger charge is 2.26. The molecule has 6 rings (SSSR count). The Hall–Kier alpha value is -4.52. The molecule has 0 bridgehead atoms. The van der Waals surface area contributed by atoms with Crippen LogP contribution in [0, 0.1) is 5.82 Å². The topological polar surface area (TPSA) is 54.3 Å². The molecule has 1 amide bonds. The number of amides is 1. The smallest absolute Gasteiger partial charge is 0.253 e. The number of halogens is 1. The molecule has 3 aromatic carbocycles. The third-order valence-corrected chi connectivity index (χ3v) is 6.64. The van der Waals surface area contributed by atoms with Gasteiger partial charge in [-0.3, -0.25) is 4.79 Å². The number of hydrogen-bond acceptors (Lipinski definition) is 4. The van der Waals surface area contributed by atoms with Crippen LogP contribution in [0.15, 0.2) is 97.5 Å². The van der Waals surface area contributed by atoms with Crippen LogP contribution in [0.5, 0.6) is 0 Å². The SMILES string of the molecule is O=C(c1ccc(F)cc1)N1CCN(c2ncnc3c2c(-c2ccccc2)cn3-c2ccccc2)CC1. The van der Waals surface area contributed by atoms with Crippen LogP contribution in [0.1, 0.15) is 10.4 Å². The summed E-state index contributed by atoms with van der Waals surface area (Å²) in [5, 5.41) is 0.992. The number of para-hydroxylation sites is 1. The van der Waals surface area contributed by atoms with Gasteiger partial charge in [-0.1, -0.05) is 48.5 Å². The van der Waals surface area contributed by atoms with E-state index in [4.69, 9.17) is 4.98 Å². The summed E-state index contributed by atoms with van der Waals surface area (Å²) in [5.41, 5.74) is 4.53. The molecule has 1 aliphatic rings. The van der Waals surface area contributed by atoms with Crippen LogP contribution in [0.25, 0.3) is 27.8 Å². The summed E-state index contributed by atoms with van der Waals surface area (Å²) < 4.78 is 15.4. The van der Waals surface area contributed by atoms with Crippen LogP contribution in [0.2, 0.25) is 0 Å². The van der Waals surface area contributed by atoms with Crippen molar-refractivity contribution in [2.45, 2.75) is 0 Å². The van der Waals surface area contributed by atoms with E-state index in [9.17, 15) is 9.18 Å². The van der Waals surface area contributed by atoms with Gasteiger partial charge in [0.15, 0.2) is 5.65 Å². The number of hydrogen-bond donors (Lipinski definition) is 0. The van der Waals surface area contributed by atoms with Crippen LogP contribution >= 0.6 is 0 Å². The Kier molecular flexibility index (Phi) is 5.65. The third-order valence-electron chi connectivity index (χ3n) is 6.64. The molecule has 1 fully saturated rings. The van der Waals surface area contributed by atoms with E-state index >= 15 is 0 Å². The summed E-state index contributed by atoms with van der Waals surface area (Å²) in [5.74, 6) is 0.436. The summed E-state index contributed by atoms with van der Waals surface area (Å²) in [4.78, 5) is 26.4. The van der Waals surface area contributed by atoms with Crippen molar-refractivity contribution >= 4 is 22.8 Å². The third kappa shape index (κ3) is 3.98. The summed E-state index contributed by atoms with van der Waals surface area (Å²) in [7, 11) is 0. The van der Waals surface area contributed by atoms with E-state index in [1.807, 2.05) is 41.3 Å². The number of piperazine rings is 1. The first kappa shape index (κ1) is 22.0. The number of rotatable bonds is 4. The number of anilines is 1. The molecule has 0 atom stereocenters. The average Bonchev–Trinajstić information content (AvgIpc) is 3.34. The molecule has 0 aliphatic carbocycles. The van der Waals surface area contributed by atoms with Crippen LogP contribution < -0.4 is 4.90 Å². The number of fused-ring (bicyclic) bond motifs is 1. The maximum Gasteiger partial charge on any atom is 0.253 e. The van der Waals surface area contributed by atoms with Crippen molar-refractivity contribution in [1.82, 2.24) is 19.4 Å². The van der Waals surface area contributed by atoms with Crippen LogP contribution in [-0.2, 0) is 0 Å². The molecule has 178 valence electrons. The number of carbonyl (C=O) groups excluding carboxylic acids is 1. The van der Waals surface area contributed by atoms with E-state index in [1.54, 1.807) is 6.33 Å². The lowest BCUT2D eigenvalue weighted by atomic mass is 10.1. The fraction of sp³-hybridized carbons (Fsp3) is 0.138. The Morgan fingerprint density at radius 3 is 2.14 bits per heavy atom. The predicted octanol–water partition coefficient (Wildman–Crippen LogP) is 5.19. The molecule has 0 saturated carbocycles. The highest BCUT2D eigenvalue weighted by molar-refractivity contribution is 6.02. The van der Waals surface area contributed by atoms with Gasteiger partial charge in [0.25, 0.3) is 5.91 Å². The minimum Gasteiger partial charge on any atom is -0.352 e. The van der Waals surface area contributed by atoms with Gasteiger partial charge in [0.05, 0.1) is 5.39 Å². The molecule has 7 heteroatoms. The van der Waals surface area contributed by atoms with Gasteiger partial charge in [0, 0.05) is 49.2 Å². The zero-order valence-corrected chi connectivity index (χ0v) is 19.6. The first-order chi connectivity index (χ1) is 17.7. The summed E-state index contributed by atoms with van der Waals surface area (Å²) in [6, 6.07) is 26.2. The fourth-order valence-electron chi connectivity index (χ4n) is 4.80. The largest absolute Gasteiger partial charge is 0.352 e. The van der Waals surface area contributed by atoms with Crippen molar-refractivity contribution in [3.63, 3.8) is 0 Å². The Morgan fingerprint density at radius 2 is 1.44 bits per heavy atom. The van der Waals surface area contributed by atoms with Crippen molar-refractivity contribution < 1.29 is 9.18 Å². The van der Waals surface area contributed by atoms with Crippen LogP contribution in [0.3, 0.4) is 0 Å². The summed E-state index contributed by atoms with van der Waals surface area (Å²) >= 11 is 0. The van der Waals surface area contributed by atoms with E-state index in [0.717, 1.165) is 33.7 Å². The van der Waals surface area contributed by atoms with Gasteiger partial charge in [-0.05, 0) is 42.0 Å². The maximum atomic E-state index is 13.3. The Balaban J connectivity index is 1.36. The second-order valence-corrected chi connectivity index (χ2v) is 8.80. The monoisotopic (exact) mass is 477 g/mol. The molecule has 0 spiro atoms. The molecule has 0 N–H and O–H groups in total. The second-order valence-electron chi connectivity index (χ2n) is 8.80. The molecule has 1 saturated heterocycles. The zero-order chi connectivity index (χ0) is 24.5. The number of aromatic nitrogens is 3. The zero-order valence-electron chi connectivity index (χ0n) is 19.6. The van der Waals surface area contributed by atoms with Gasteiger partial charge >= 0.3 is 0 Å². The molecule has 1 aliphatic heterocycles. The van der Waals surface area contributed by atoms with E-state index in [0.29, 0.717) is 31.7 Å². The van der Waals surface area contributed by atoms with E-state index < -0.39 is 0 Å². The number of benzene rings is 3. The van der Waals surface area contributed by atoms with Crippen LogP contribution in [-0.4, -0.2) is 51.5 Å². The van der Waals surface area contributed by atoms with Gasteiger partial charge in [-0.25, -0.2) is 14.4 Å². The lowest BCUT2D eigenvalue weighted by Gasteiger charge is -2.35. The highest BCUT2D eigenvalue weighted by atomic mass is 19.1. The number of carbonyl (C=O) groups is 1. The van der Waals surface area contributed by atoms with Crippen molar-refractivity contribution in [3.05, 3.63) is 109 Å². The number of nitrogens with zero attached hydrogens (tertiary/aromatic N) is 5. The van der Waals surface area contributed by atoms with Crippen molar-refractivity contribution in [3.8, 4) is 16.8 Å². The second kappa shape index (κ2) is 9.26. The van der Waals surface area contributed by atoms with Crippen LogP contribution in [0.4, 0.5) is 10.2 Å². The Bertz CT molecular complexity index is 1510. The minimum atomic E-state index is -0.346. The first-order valence-corrected chi connectivity index (χ1v) is 12.0. The quantitative estimate of drug-likeness (QED) is 0.358. The summed E-state index contributed by atoms with van der Waals surface area (Å²) in [6.45, 7) is 2.40. The molecule has 0 unspecified atom stereocenters. The maximum absolute atomic E-state index is 13.3. The molecular weight excluding hydrogens is 453 g/mol. The van der Waals surface area contributed by atoms with Gasteiger partial charge in [0.1, 0.15) is 18.0 Å². The molecule has 5 aromatic rings. The van der Waals surface area contributed by atoms with E-state index in [1.165, 1.54) is 24.3 Å². The molecule has 2 aromatic heterocycles. The summed E-state index contributed by atoms with van der Waals surface area (Å²) in [6.07, 6.45) is 3.74. The molecular formula is C29H24FN5O. The normalized spacial score (nSPS) is 13.8. The van der Waals surface area contributed by atoms with Gasteiger partial charge in [0.2, 0.25) is 0 Å². The van der Waals surface area contributed by atoms with Crippen molar-refractivity contribution in [1.29, 1.82) is 0 Å². The lowest BCUT2D eigenvalue weighted by molar-refractivity contribution is 0.0746. The molecule has 6 nitrogen and oxygen atoms in total. The van der Waals surface area contributed by atoms with E-state index in [2.05, 4.69) is 44.9 Å².